The summed E-state index contributed by atoms with van der Waals surface area (Å²) in [6.45, 7) is 32.5. The Kier molecular flexibility index (Phi) is 37.7. The Hall–Kier alpha value is -7.18. The van der Waals surface area contributed by atoms with Crippen molar-refractivity contribution in [2.24, 2.45) is 35.0 Å². The van der Waals surface area contributed by atoms with Crippen LogP contribution in [-0.4, -0.2) is 217 Å². The molecule has 10 N–H and O–H groups in total. The Morgan fingerprint density at radius 3 is 1.04 bits per heavy atom. The molecular formula is C88H137N7O20. The van der Waals surface area contributed by atoms with Crippen molar-refractivity contribution in [2.45, 2.75) is 346 Å². The fourth-order valence-electron chi connectivity index (χ4n) is 16.1. The van der Waals surface area contributed by atoms with Crippen molar-refractivity contribution in [3.8, 4) is 0 Å². The fraction of sp³-hybridized carbons (Fsp3) is 0.705. The number of piperidine rings is 1. The van der Waals surface area contributed by atoms with E-state index < -0.39 is 18.3 Å². The zero-order chi connectivity index (χ0) is 84.3. The second kappa shape index (κ2) is 45.7. The van der Waals surface area contributed by atoms with Crippen LogP contribution in [0.25, 0.3) is 0 Å². The predicted molar refractivity (Wildman–Crippen MR) is 437 cm³/mol. The highest BCUT2D eigenvalue weighted by atomic mass is 16.6. The van der Waals surface area contributed by atoms with Crippen molar-refractivity contribution >= 4 is 47.5 Å². The standard InChI is InChI=1S/C32H49N3O7.C28H42N2O7.C26H40N2O6.C2H6/c1-21(8-11-25-18-32(20-39-32)19-26(42-25)17-29(33)36)9-12-28-22(2)16-27(24(4)41-28)34-30(37)13-10-23(3)40-31(38)35-14-6-5-7-15-35;1-17(6-9-22-14-28(16-34-28)15-23(37-22)13-26(29)32)7-10-25-18(2)12-24(20(4)36-25)30-27(33)11-8-19(3)35-21(5)31;1-16(5-8-20-13-26(15-32-26)14-21(34-20)12-24(27)30)6-9-23-17(2)11-22(19(4)33-23)28-25(31)10-7-18(3)29;1-2/h8-11,13,22-28H,5-7,12,14-20H2,1-4H3,(H2,33,36)(H,34,37);6-9,11,18-20,22-25H,10,12-16H2,1-5H3,(H2,29,32)(H,30,33);5-8,10,17-23,29H,9,11-15H2,1-4H3,(H2,27,30)(H,28,31);1-2H3/b11-8+,13-10-,21-9+;9-6+,11-8-,17-7+;8-5+,10-7-,16-6+;/t22-,23-,24+,25+,26+,27+,28-,32+;18-,19-,20+,22+,23+,24+,25-,28+;17-,18-,19+,20+,21+,22+,23-,26+;/m000./s1. The number of hydrogen-bond donors (Lipinski definition) is 7. The first-order chi connectivity index (χ1) is 54.5. The number of nitrogens with two attached hydrogens (primary N) is 3. The van der Waals surface area contributed by atoms with Crippen LogP contribution >= 0.6 is 0 Å². The van der Waals surface area contributed by atoms with Gasteiger partial charge >= 0.3 is 12.1 Å². The number of allylic oxidation sites excluding steroid dienone is 6. The Bertz CT molecular complexity index is 3490. The Morgan fingerprint density at radius 1 is 0.452 bits per heavy atom. The largest absolute Gasteiger partial charge is 0.459 e. The molecule has 10 aliphatic heterocycles. The fourth-order valence-corrected chi connectivity index (χ4v) is 16.1. The minimum Gasteiger partial charge on any atom is -0.459 e. The summed E-state index contributed by atoms with van der Waals surface area (Å²) in [6, 6.07) is -0.249. The molecule has 10 fully saturated rings. The molecule has 0 radical (unpaired) electrons. The van der Waals surface area contributed by atoms with Gasteiger partial charge in [0, 0.05) is 76.8 Å². The molecule has 0 unspecified atom stereocenters. The Labute approximate surface area is 682 Å². The first-order valence-electron chi connectivity index (χ1n) is 42.0. The number of epoxide rings is 3. The molecule has 0 saturated carbocycles. The number of nitrogens with one attached hydrogen (secondary N) is 3. The second-order valence-electron chi connectivity index (χ2n) is 33.6. The minimum atomic E-state index is -0.650. The third kappa shape index (κ3) is 33.6. The highest BCUT2D eigenvalue weighted by molar-refractivity contribution is 5.89. The van der Waals surface area contributed by atoms with E-state index in [1.807, 2.05) is 59.8 Å². The molecule has 27 nitrogen and oxygen atoms in total. The molecule has 10 heterocycles. The van der Waals surface area contributed by atoms with Crippen LogP contribution < -0.4 is 33.2 Å². The summed E-state index contributed by atoms with van der Waals surface area (Å²) in [5.41, 5.74) is 19.0. The SMILES string of the molecule is CC.CC(/C=C/[C@@H]1C[C@]2(CO2)C[C@@H](CC(N)=O)O1)=C\C[C@@H]1O[C@H](C)[C@H](NC(=O)/C=C\[C@H](C)O)C[C@@H]1C.CC(/C=C/[C@@H]1C[C@]2(CO2)C[C@@H](CC(N)=O)O1)=C\C[C@@H]1O[C@H](C)[C@H](NC(=O)/C=C\[C@H](C)OC(=O)N2CCCCC2)C[C@@H]1C.CC(=O)O[C@@H](C)/C=C\C(=O)N[C@@H]1C[C@H](C)[C@H](C/C=C(C)/C=C/[C@@H]2C[C@]3(CO3)C[C@@H](CC(N)=O)O2)O[C@@H]1C. The summed E-state index contributed by atoms with van der Waals surface area (Å²) in [5, 5.41) is 18.3. The van der Waals surface area contributed by atoms with Crippen molar-refractivity contribution in [1.29, 1.82) is 0 Å². The van der Waals surface area contributed by atoms with Gasteiger partial charge in [0.05, 0.1) is 153 Å². The third-order valence-electron chi connectivity index (χ3n) is 22.8. The van der Waals surface area contributed by atoms with Crippen molar-refractivity contribution in [3.63, 3.8) is 0 Å². The van der Waals surface area contributed by atoms with Gasteiger partial charge in [-0.3, -0.25) is 33.6 Å². The Morgan fingerprint density at radius 2 is 0.757 bits per heavy atom. The minimum absolute atomic E-state index is 0.0512. The van der Waals surface area contributed by atoms with Gasteiger partial charge in [-0.05, 0) is 150 Å². The molecule has 27 heteroatoms. The molecule has 10 saturated heterocycles. The van der Waals surface area contributed by atoms with Crippen LogP contribution in [0.3, 0.4) is 0 Å². The van der Waals surface area contributed by atoms with E-state index in [4.69, 9.17) is 69.3 Å². The zero-order valence-corrected chi connectivity index (χ0v) is 70.9. The molecule has 0 aromatic rings. The van der Waals surface area contributed by atoms with Crippen LogP contribution in [0.15, 0.2) is 108 Å². The summed E-state index contributed by atoms with van der Waals surface area (Å²) in [7, 11) is 0. The van der Waals surface area contributed by atoms with Gasteiger partial charge in [-0.25, -0.2) is 4.79 Å². The molecule has 0 aromatic heterocycles. The molecule has 0 aliphatic carbocycles. The maximum Gasteiger partial charge on any atom is 0.410 e. The lowest BCUT2D eigenvalue weighted by Gasteiger charge is -2.39. The highest BCUT2D eigenvalue weighted by Gasteiger charge is 2.54. The van der Waals surface area contributed by atoms with Gasteiger partial charge in [0.2, 0.25) is 35.4 Å². The maximum absolute atomic E-state index is 12.6. The average molecular weight is 1610 g/mol. The van der Waals surface area contributed by atoms with Crippen molar-refractivity contribution in [3.05, 3.63) is 108 Å². The molecular weight excluding hydrogens is 1470 g/mol. The summed E-state index contributed by atoms with van der Waals surface area (Å²) < 4.78 is 64.5. The van der Waals surface area contributed by atoms with Crippen LogP contribution in [0, 0.1) is 17.8 Å². The lowest BCUT2D eigenvalue weighted by Crippen LogP contribution is -2.50. The lowest BCUT2D eigenvalue weighted by atomic mass is 9.88. The number of aliphatic hydroxyl groups is 1. The molecule has 115 heavy (non-hydrogen) atoms. The number of esters is 1. The number of amides is 7. The third-order valence-corrected chi connectivity index (χ3v) is 22.8. The summed E-state index contributed by atoms with van der Waals surface area (Å²) in [5.74, 6) is -1.29. The number of carbonyl (C=O) groups excluding carboxylic acids is 8. The van der Waals surface area contributed by atoms with Gasteiger partial charge < -0.3 is 95.3 Å². The van der Waals surface area contributed by atoms with Crippen LogP contribution in [-0.2, 0) is 85.7 Å². The van der Waals surface area contributed by atoms with E-state index in [1.165, 1.54) is 31.2 Å². The summed E-state index contributed by atoms with van der Waals surface area (Å²) in [4.78, 5) is 96.0. The Balaban J connectivity index is 0.000000237. The number of hydrogen-bond acceptors (Lipinski definition) is 20. The first kappa shape index (κ1) is 95.0. The van der Waals surface area contributed by atoms with Gasteiger partial charge in [0.1, 0.15) is 12.2 Å². The van der Waals surface area contributed by atoms with Crippen LogP contribution in [0.5, 0.6) is 0 Å². The number of nitrogens with zero attached hydrogens (tertiary/aromatic N) is 1. The number of rotatable bonds is 29. The normalized spacial score (nSPS) is 34.9. The lowest BCUT2D eigenvalue weighted by molar-refractivity contribution is -0.143. The molecule has 0 bridgehead atoms. The molecule has 0 aromatic carbocycles. The number of likely N-dealkylation sites (tertiary alicyclic amines) is 1. The molecule has 7 amide bonds. The van der Waals surface area contributed by atoms with Crippen LogP contribution in [0.1, 0.15) is 219 Å². The van der Waals surface area contributed by atoms with E-state index in [0.717, 1.165) is 133 Å². The first-order valence-corrected chi connectivity index (χ1v) is 42.0. The molecule has 24 atom stereocenters. The van der Waals surface area contributed by atoms with E-state index >= 15 is 0 Å². The zero-order valence-electron chi connectivity index (χ0n) is 70.9. The molecule has 10 rings (SSSR count). The monoisotopic (exact) mass is 1610 g/mol. The number of ether oxygens (including phenoxy) is 11. The second-order valence-corrected chi connectivity index (χ2v) is 33.6. The number of aliphatic hydroxyl groups excluding tert-OH is 1. The van der Waals surface area contributed by atoms with Crippen molar-refractivity contribution in [2.75, 3.05) is 32.9 Å². The molecule has 644 valence electrons. The van der Waals surface area contributed by atoms with Gasteiger partial charge in [-0.1, -0.05) is 112 Å². The van der Waals surface area contributed by atoms with E-state index in [0.29, 0.717) is 19.1 Å². The van der Waals surface area contributed by atoms with E-state index in [9.17, 15) is 43.5 Å². The topological polar surface area (TPSA) is 386 Å². The number of primary amides is 3. The average Bonchev–Trinajstić information content (AvgIpc) is 1.64. The van der Waals surface area contributed by atoms with Crippen molar-refractivity contribution in [1.82, 2.24) is 20.9 Å². The van der Waals surface area contributed by atoms with Gasteiger partial charge in [0.25, 0.3) is 0 Å². The van der Waals surface area contributed by atoms with Crippen molar-refractivity contribution < 1.29 is 95.6 Å². The summed E-state index contributed by atoms with van der Waals surface area (Å²) in [6.07, 6.45) is 37.8. The van der Waals surface area contributed by atoms with Crippen LogP contribution in [0.2, 0.25) is 0 Å². The van der Waals surface area contributed by atoms with Gasteiger partial charge in [-0.2, -0.15) is 0 Å². The quantitative estimate of drug-likeness (QED) is 0.0158. The van der Waals surface area contributed by atoms with Gasteiger partial charge in [0.15, 0.2) is 0 Å². The van der Waals surface area contributed by atoms with E-state index in [2.05, 4.69) is 87.0 Å². The molecule has 10 aliphatic rings. The predicted octanol–water partition coefficient (Wildman–Crippen LogP) is 10.1. The van der Waals surface area contributed by atoms with Gasteiger partial charge in [-0.15, -0.1) is 0 Å². The molecule has 3 spiro atoms. The van der Waals surface area contributed by atoms with E-state index in [1.54, 1.807) is 37.8 Å². The van der Waals surface area contributed by atoms with Crippen LogP contribution in [0.4, 0.5) is 4.79 Å². The smallest absolute Gasteiger partial charge is 0.410 e. The summed E-state index contributed by atoms with van der Waals surface area (Å²) >= 11 is 0. The maximum atomic E-state index is 12.6. The highest BCUT2D eigenvalue weighted by Crippen LogP contribution is 2.46. The number of carbonyl (C=O) groups is 8. The van der Waals surface area contributed by atoms with E-state index in [-0.39, 0.29) is 187 Å².